The molecule has 0 spiro atoms. The molecule has 0 radical (unpaired) electrons. The number of carboxylic acid groups (broad SMARTS) is 1. The van der Waals surface area contributed by atoms with Crippen molar-refractivity contribution in [3.05, 3.63) is 27.8 Å². The maximum atomic E-state index is 12.2. The molecule has 17 heteroatoms. The van der Waals surface area contributed by atoms with Crippen molar-refractivity contribution in [2.75, 3.05) is 50.0 Å². The molecule has 0 aliphatic rings. The normalized spacial score (nSPS) is 12.5. The molecule has 0 amide bonds. The molecule has 0 saturated heterocycles. The molecule has 0 aromatic heterocycles. The Balaban J connectivity index is 3.58. The Bertz CT molecular complexity index is 1140. The molecule has 1 aromatic rings. The SMILES string of the molecule is CS(=O)(=O)OCCN(CCOS(C)(=O)=O)c1cc(C(=O)O)c([N+](=O)[O-])cc1S(C)(=O)=O. The number of rotatable bonds is 12. The fraction of sp³-hybridized carbons (Fsp3) is 0.500. The summed E-state index contributed by atoms with van der Waals surface area (Å²) in [6.45, 7) is -1.72. The van der Waals surface area contributed by atoms with E-state index in [-0.39, 0.29) is 18.8 Å². The van der Waals surface area contributed by atoms with Gasteiger partial charge in [-0.05, 0) is 6.07 Å². The molecule has 0 aliphatic heterocycles. The zero-order valence-corrected chi connectivity index (χ0v) is 19.0. The van der Waals surface area contributed by atoms with Crippen molar-refractivity contribution in [3.8, 4) is 0 Å². The van der Waals surface area contributed by atoms with Gasteiger partial charge in [0.15, 0.2) is 9.84 Å². The number of carboxylic acids is 1. The van der Waals surface area contributed by atoms with Gasteiger partial charge in [-0.3, -0.25) is 18.5 Å². The van der Waals surface area contributed by atoms with Crippen molar-refractivity contribution in [3.63, 3.8) is 0 Å². The monoisotopic (exact) mass is 504 g/mol. The van der Waals surface area contributed by atoms with Crippen LogP contribution < -0.4 is 4.90 Å². The van der Waals surface area contributed by atoms with E-state index >= 15 is 0 Å². The van der Waals surface area contributed by atoms with Gasteiger partial charge in [-0.1, -0.05) is 0 Å². The molecule has 1 aromatic carbocycles. The molecule has 1 rings (SSSR count). The smallest absolute Gasteiger partial charge is 0.342 e. The number of aromatic carboxylic acids is 1. The second-order valence-electron chi connectivity index (χ2n) is 6.21. The van der Waals surface area contributed by atoms with Crippen molar-refractivity contribution in [2.24, 2.45) is 0 Å². The van der Waals surface area contributed by atoms with Crippen LogP contribution in [0.4, 0.5) is 11.4 Å². The number of anilines is 1. The summed E-state index contributed by atoms with van der Waals surface area (Å²) in [4.78, 5) is 22.1. The Labute approximate surface area is 178 Å². The van der Waals surface area contributed by atoms with E-state index in [1.807, 2.05) is 0 Å². The van der Waals surface area contributed by atoms with Crippen molar-refractivity contribution >= 4 is 47.4 Å². The Morgan fingerprint density at radius 2 is 1.45 bits per heavy atom. The minimum atomic E-state index is -4.14. The predicted molar refractivity (Wildman–Crippen MR) is 107 cm³/mol. The van der Waals surface area contributed by atoms with Gasteiger partial charge in [0.25, 0.3) is 25.9 Å². The molecule has 0 atom stereocenters. The lowest BCUT2D eigenvalue weighted by atomic mass is 10.1. The van der Waals surface area contributed by atoms with Crippen LogP contribution in [0.15, 0.2) is 17.0 Å². The summed E-state index contributed by atoms with van der Waals surface area (Å²) >= 11 is 0. The number of carbonyl (C=O) groups is 1. The van der Waals surface area contributed by atoms with Crippen molar-refractivity contribution in [1.29, 1.82) is 0 Å². The summed E-state index contributed by atoms with van der Waals surface area (Å²) in [5.74, 6) is -1.72. The van der Waals surface area contributed by atoms with Crippen molar-refractivity contribution in [1.82, 2.24) is 0 Å². The molecule has 0 fully saturated rings. The number of hydrogen-bond acceptors (Lipinski definition) is 12. The van der Waals surface area contributed by atoms with Gasteiger partial charge in [0.1, 0.15) is 5.56 Å². The van der Waals surface area contributed by atoms with E-state index in [0.29, 0.717) is 6.07 Å². The Kier molecular flexibility index (Phi) is 8.49. The number of benzene rings is 1. The Morgan fingerprint density at radius 3 is 1.77 bits per heavy atom. The Hall–Kier alpha value is -2.34. The third-order valence-electron chi connectivity index (χ3n) is 3.56. The molecule has 0 unspecified atom stereocenters. The summed E-state index contributed by atoms with van der Waals surface area (Å²) in [6.07, 6.45) is 2.26. The lowest BCUT2D eigenvalue weighted by Crippen LogP contribution is -2.33. The Morgan fingerprint density at radius 1 is 1.00 bits per heavy atom. The third-order valence-corrected chi connectivity index (χ3v) is 5.88. The number of nitrogens with zero attached hydrogens (tertiary/aromatic N) is 2. The molecule has 31 heavy (non-hydrogen) atoms. The fourth-order valence-corrected chi connectivity index (χ4v) is 4.02. The first kappa shape index (κ1) is 26.7. The van der Waals surface area contributed by atoms with E-state index in [1.165, 1.54) is 0 Å². The topological polar surface area (TPSA) is 205 Å². The van der Waals surface area contributed by atoms with Crippen LogP contribution in [0.3, 0.4) is 0 Å². The maximum Gasteiger partial charge on any atom is 0.342 e. The molecular weight excluding hydrogens is 484 g/mol. The minimum Gasteiger partial charge on any atom is -0.477 e. The van der Waals surface area contributed by atoms with Gasteiger partial charge < -0.3 is 10.0 Å². The molecule has 0 bridgehead atoms. The second kappa shape index (κ2) is 9.86. The summed E-state index contributed by atoms with van der Waals surface area (Å²) in [5.41, 5.74) is -2.14. The highest BCUT2D eigenvalue weighted by atomic mass is 32.2. The zero-order chi connectivity index (χ0) is 24.2. The highest BCUT2D eigenvalue weighted by Crippen LogP contribution is 2.33. The zero-order valence-electron chi connectivity index (χ0n) is 16.5. The van der Waals surface area contributed by atoms with Gasteiger partial charge in [0.2, 0.25) is 0 Å². The van der Waals surface area contributed by atoms with Gasteiger partial charge in [-0.25, -0.2) is 13.2 Å². The van der Waals surface area contributed by atoms with E-state index in [9.17, 15) is 45.3 Å². The summed E-state index contributed by atoms with van der Waals surface area (Å²) in [5, 5.41) is 20.5. The van der Waals surface area contributed by atoms with E-state index in [2.05, 4.69) is 8.37 Å². The average molecular weight is 505 g/mol. The highest BCUT2D eigenvalue weighted by Gasteiger charge is 2.29. The van der Waals surface area contributed by atoms with E-state index in [1.54, 1.807) is 0 Å². The first-order chi connectivity index (χ1) is 13.9. The predicted octanol–water partition coefficient (Wildman–Crippen LogP) is -0.545. The van der Waals surface area contributed by atoms with Gasteiger partial charge in [0.05, 0.1) is 41.2 Å². The fourth-order valence-electron chi connectivity index (χ4n) is 2.37. The average Bonchev–Trinajstić information content (AvgIpc) is 2.56. The molecule has 176 valence electrons. The summed E-state index contributed by atoms with van der Waals surface area (Å²) in [6, 6.07) is 1.30. The van der Waals surface area contributed by atoms with Gasteiger partial charge >= 0.3 is 5.97 Å². The van der Waals surface area contributed by atoms with E-state index in [0.717, 1.165) is 29.7 Å². The number of sulfone groups is 1. The lowest BCUT2D eigenvalue weighted by Gasteiger charge is -2.26. The first-order valence-electron chi connectivity index (χ1n) is 8.12. The molecule has 1 N–H and O–H groups in total. The van der Waals surface area contributed by atoms with Crippen LogP contribution in [-0.2, 0) is 38.4 Å². The molecule has 0 saturated carbocycles. The van der Waals surface area contributed by atoms with E-state index in [4.69, 9.17) is 0 Å². The molecular formula is C14H20N2O12S3. The maximum absolute atomic E-state index is 12.2. The van der Waals surface area contributed by atoms with Gasteiger partial charge in [-0.2, -0.15) is 16.8 Å². The summed E-state index contributed by atoms with van der Waals surface area (Å²) < 4.78 is 78.4. The van der Waals surface area contributed by atoms with Crippen LogP contribution >= 0.6 is 0 Å². The van der Waals surface area contributed by atoms with E-state index < -0.39 is 70.3 Å². The van der Waals surface area contributed by atoms with Crippen LogP contribution in [0.25, 0.3) is 0 Å². The van der Waals surface area contributed by atoms with Crippen LogP contribution in [0.5, 0.6) is 0 Å². The van der Waals surface area contributed by atoms with Crippen LogP contribution in [-0.4, -0.2) is 86.3 Å². The van der Waals surface area contributed by atoms with Gasteiger partial charge in [-0.15, -0.1) is 0 Å². The van der Waals surface area contributed by atoms with Crippen LogP contribution in [0.1, 0.15) is 10.4 Å². The molecule has 0 aliphatic carbocycles. The quantitative estimate of drug-likeness (QED) is 0.216. The third kappa shape index (κ3) is 8.74. The lowest BCUT2D eigenvalue weighted by molar-refractivity contribution is -0.385. The first-order valence-corrected chi connectivity index (χ1v) is 13.6. The summed E-state index contributed by atoms with van der Waals surface area (Å²) in [7, 11) is -11.9. The highest BCUT2D eigenvalue weighted by molar-refractivity contribution is 7.91. The van der Waals surface area contributed by atoms with Crippen LogP contribution in [0.2, 0.25) is 0 Å². The molecule has 0 heterocycles. The number of nitro groups is 1. The van der Waals surface area contributed by atoms with Gasteiger partial charge in [0, 0.05) is 25.4 Å². The van der Waals surface area contributed by atoms with Crippen molar-refractivity contribution in [2.45, 2.75) is 4.90 Å². The number of nitro benzene ring substituents is 1. The largest absolute Gasteiger partial charge is 0.477 e. The molecule has 14 nitrogen and oxygen atoms in total. The van der Waals surface area contributed by atoms with Crippen molar-refractivity contribution < 1.29 is 48.4 Å². The van der Waals surface area contributed by atoms with Crippen LogP contribution in [0, 0.1) is 10.1 Å². The minimum absolute atomic E-state index is 0.334. The second-order valence-corrected chi connectivity index (χ2v) is 11.5. The standard InChI is InChI=1S/C14H20N2O12S3/c1-29(21,22)13-9-11(16(19)20)10(14(17)18)8-12(13)15(4-6-27-30(2,23)24)5-7-28-31(3,25)26/h8-9H,4-7H2,1-3H3,(H,17,18). The number of hydrogen-bond donors (Lipinski definition) is 1.